The summed E-state index contributed by atoms with van der Waals surface area (Å²) in [5.74, 6) is -0.773. The van der Waals surface area contributed by atoms with E-state index < -0.39 is 12.1 Å². The van der Waals surface area contributed by atoms with Crippen LogP contribution in [0.3, 0.4) is 0 Å². The van der Waals surface area contributed by atoms with E-state index in [0.717, 1.165) is 0 Å². The highest BCUT2D eigenvalue weighted by atomic mass is 17.5. The van der Waals surface area contributed by atoms with Gasteiger partial charge in [-0.05, 0) is 25.5 Å². The van der Waals surface area contributed by atoms with Crippen LogP contribution in [0.25, 0.3) is 0 Å². The minimum absolute atomic E-state index is 0.0156. The van der Waals surface area contributed by atoms with Crippen molar-refractivity contribution in [1.82, 2.24) is 0 Å². The molecule has 1 aromatic rings. The molecule has 0 heterocycles. The van der Waals surface area contributed by atoms with Crippen molar-refractivity contribution in [2.45, 2.75) is 13.8 Å². The van der Waals surface area contributed by atoms with E-state index in [1.165, 1.54) is 0 Å². The molecular weight excluding hydrogens is 268 g/mol. The molecule has 0 amide bonds. The van der Waals surface area contributed by atoms with Crippen LogP contribution in [0.15, 0.2) is 24.3 Å². The van der Waals surface area contributed by atoms with E-state index in [-0.39, 0.29) is 13.2 Å². The van der Waals surface area contributed by atoms with Crippen LogP contribution < -0.4 is 0 Å². The Kier molecular flexibility index (Phi) is 7.08. The van der Waals surface area contributed by atoms with Gasteiger partial charge in [-0.25, -0.2) is 14.5 Å². The molecule has 0 aliphatic heterocycles. The van der Waals surface area contributed by atoms with Gasteiger partial charge in [0, 0.05) is 6.61 Å². The zero-order chi connectivity index (χ0) is 14.8. The molecule has 0 saturated heterocycles. The van der Waals surface area contributed by atoms with Gasteiger partial charge in [0.1, 0.15) is 6.61 Å². The number of benzene rings is 1. The molecule has 0 fully saturated rings. The normalized spacial score (nSPS) is 9.90. The molecule has 110 valence electrons. The zero-order valence-corrected chi connectivity index (χ0v) is 11.3. The van der Waals surface area contributed by atoms with Gasteiger partial charge >= 0.3 is 12.1 Å². The first-order valence-electron chi connectivity index (χ1n) is 6.00. The fourth-order valence-corrected chi connectivity index (χ4v) is 1.27. The van der Waals surface area contributed by atoms with Crippen LogP contribution in [-0.2, 0) is 24.3 Å². The van der Waals surface area contributed by atoms with Crippen LogP contribution in [0.5, 0.6) is 0 Å². The van der Waals surface area contributed by atoms with Gasteiger partial charge in [-0.15, -0.1) is 0 Å². The predicted octanol–water partition coefficient (Wildman–Crippen LogP) is 2.19. The number of aryl methyl sites for hydroxylation is 1. The molecule has 0 aromatic heterocycles. The number of carbonyl (C=O) groups excluding carboxylic acids is 2. The van der Waals surface area contributed by atoms with E-state index >= 15 is 0 Å². The van der Waals surface area contributed by atoms with Crippen LogP contribution in [0.2, 0.25) is 0 Å². The Labute approximate surface area is 116 Å². The minimum Gasteiger partial charge on any atom is -0.430 e. The predicted molar refractivity (Wildman–Crippen MR) is 66.6 cm³/mol. The van der Waals surface area contributed by atoms with Gasteiger partial charge in [0.25, 0.3) is 0 Å². The molecule has 0 bridgehead atoms. The van der Waals surface area contributed by atoms with Gasteiger partial charge in [-0.3, -0.25) is 4.89 Å². The molecule has 0 unspecified atom stereocenters. The van der Waals surface area contributed by atoms with Gasteiger partial charge in [0.05, 0.1) is 17.2 Å². The smallest absolute Gasteiger partial charge is 0.430 e. The van der Waals surface area contributed by atoms with E-state index in [1.807, 2.05) is 6.92 Å². The molecule has 0 saturated carbocycles. The molecule has 0 aliphatic carbocycles. The van der Waals surface area contributed by atoms with Gasteiger partial charge in [0.2, 0.25) is 0 Å². The monoisotopic (exact) mass is 284 g/mol. The summed E-state index contributed by atoms with van der Waals surface area (Å²) in [6.45, 7) is 4.32. The maximum atomic E-state index is 11.5. The van der Waals surface area contributed by atoms with Gasteiger partial charge < -0.3 is 9.47 Å². The summed E-state index contributed by atoms with van der Waals surface area (Å²) in [6.07, 6.45) is -1.12. The molecule has 0 N–H and O–H groups in total. The maximum absolute atomic E-state index is 11.5. The van der Waals surface area contributed by atoms with Gasteiger partial charge in [-0.2, -0.15) is 0 Å². The first-order valence-corrected chi connectivity index (χ1v) is 6.00. The standard InChI is InChI=1S/C13H16O7/c1-3-16-8-9-17-13(15)19-20-18-12(14)11-7-5-4-6-10(11)2/h4-7H,3,8-9H2,1-2H3. The van der Waals surface area contributed by atoms with Crippen molar-refractivity contribution >= 4 is 12.1 Å². The summed E-state index contributed by atoms with van der Waals surface area (Å²) in [4.78, 5) is 30.9. The van der Waals surface area contributed by atoms with Crippen LogP contribution in [-0.4, -0.2) is 31.9 Å². The number of carbonyl (C=O) groups is 2. The second kappa shape index (κ2) is 8.89. The Hall–Kier alpha value is -2.12. The van der Waals surface area contributed by atoms with Crippen LogP contribution in [0.4, 0.5) is 4.79 Å². The van der Waals surface area contributed by atoms with Gasteiger partial charge in [0.15, 0.2) is 0 Å². The van der Waals surface area contributed by atoms with E-state index in [9.17, 15) is 9.59 Å². The van der Waals surface area contributed by atoms with Crippen LogP contribution in [0.1, 0.15) is 22.8 Å². The molecule has 0 atom stereocenters. The van der Waals surface area contributed by atoms with Crippen molar-refractivity contribution < 1.29 is 33.9 Å². The van der Waals surface area contributed by atoms with Crippen LogP contribution >= 0.6 is 0 Å². The summed E-state index contributed by atoms with van der Waals surface area (Å²) < 4.78 is 9.49. The van der Waals surface area contributed by atoms with Crippen LogP contribution in [0, 0.1) is 6.92 Å². The summed E-state index contributed by atoms with van der Waals surface area (Å²) in [5.41, 5.74) is 1.02. The van der Waals surface area contributed by atoms with Crippen molar-refractivity contribution in [1.29, 1.82) is 0 Å². The van der Waals surface area contributed by atoms with E-state index in [1.54, 1.807) is 31.2 Å². The van der Waals surface area contributed by atoms with Gasteiger partial charge in [-0.1, -0.05) is 18.2 Å². The van der Waals surface area contributed by atoms with Crippen molar-refractivity contribution in [2.75, 3.05) is 19.8 Å². The quantitative estimate of drug-likeness (QED) is 0.328. The third-order valence-electron chi connectivity index (χ3n) is 2.23. The molecule has 0 aliphatic rings. The van der Waals surface area contributed by atoms with Crippen molar-refractivity contribution in [3.05, 3.63) is 35.4 Å². The van der Waals surface area contributed by atoms with Crippen molar-refractivity contribution in [3.8, 4) is 0 Å². The molecule has 7 heteroatoms. The van der Waals surface area contributed by atoms with Crippen molar-refractivity contribution in [3.63, 3.8) is 0 Å². The Balaban J connectivity index is 2.22. The van der Waals surface area contributed by atoms with E-state index in [0.29, 0.717) is 17.7 Å². The average Bonchev–Trinajstić information content (AvgIpc) is 2.44. The Morgan fingerprint density at radius 2 is 1.85 bits per heavy atom. The second-order valence-corrected chi connectivity index (χ2v) is 3.63. The minimum atomic E-state index is -1.12. The Bertz CT molecular complexity index is 444. The maximum Gasteiger partial charge on any atom is 0.543 e. The third kappa shape index (κ3) is 5.68. The molecule has 0 radical (unpaired) electrons. The Morgan fingerprint density at radius 3 is 2.55 bits per heavy atom. The molecule has 20 heavy (non-hydrogen) atoms. The number of rotatable bonds is 7. The molecule has 1 rings (SSSR count). The highest BCUT2D eigenvalue weighted by Gasteiger charge is 2.13. The molecule has 7 nitrogen and oxygen atoms in total. The highest BCUT2D eigenvalue weighted by Crippen LogP contribution is 2.08. The summed E-state index contributed by atoms with van der Waals surface area (Å²) in [6, 6.07) is 6.74. The molecule has 1 aromatic carbocycles. The van der Waals surface area contributed by atoms with E-state index in [2.05, 4.69) is 19.6 Å². The van der Waals surface area contributed by atoms with E-state index in [4.69, 9.17) is 4.74 Å². The summed E-state index contributed by atoms with van der Waals surface area (Å²) >= 11 is 0. The summed E-state index contributed by atoms with van der Waals surface area (Å²) in [5, 5.41) is 4.06. The first kappa shape index (κ1) is 15.9. The fraction of sp³-hybridized carbons (Fsp3) is 0.385. The number of ether oxygens (including phenoxy) is 2. The zero-order valence-electron chi connectivity index (χ0n) is 11.3. The largest absolute Gasteiger partial charge is 0.543 e. The lowest BCUT2D eigenvalue weighted by atomic mass is 10.1. The third-order valence-corrected chi connectivity index (χ3v) is 2.23. The SMILES string of the molecule is CCOCCOC(=O)OOOC(=O)c1ccccc1C. The summed E-state index contributed by atoms with van der Waals surface area (Å²) in [7, 11) is 0. The molecular formula is C13H16O7. The van der Waals surface area contributed by atoms with Crippen molar-refractivity contribution in [2.24, 2.45) is 0 Å². The second-order valence-electron chi connectivity index (χ2n) is 3.63. The molecule has 0 spiro atoms. The fourth-order valence-electron chi connectivity index (χ4n) is 1.27. The lowest BCUT2D eigenvalue weighted by Crippen LogP contribution is -2.15. The lowest BCUT2D eigenvalue weighted by molar-refractivity contribution is -0.452. The number of hydrogen-bond donors (Lipinski definition) is 0. The lowest BCUT2D eigenvalue weighted by Gasteiger charge is -2.05. The highest BCUT2D eigenvalue weighted by molar-refractivity contribution is 5.90. The topological polar surface area (TPSA) is 80.3 Å². The first-order chi connectivity index (χ1) is 9.65. The Morgan fingerprint density at radius 1 is 1.10 bits per heavy atom. The average molecular weight is 284 g/mol. The number of hydrogen-bond acceptors (Lipinski definition) is 7.